The van der Waals surface area contributed by atoms with E-state index < -0.39 is 0 Å². The minimum atomic E-state index is 0.267. The molecule has 3 heterocycles. The number of fused-ring (bicyclic) bond motifs is 1. The van der Waals surface area contributed by atoms with Gasteiger partial charge < -0.3 is 10.2 Å². The van der Waals surface area contributed by atoms with Crippen LogP contribution in [0.2, 0.25) is 0 Å². The number of anilines is 1. The highest BCUT2D eigenvalue weighted by atomic mass is 16.3. The number of benzene rings is 2. The number of imidazole rings is 1. The zero-order valence-corrected chi connectivity index (χ0v) is 14.3. The van der Waals surface area contributed by atoms with Crippen LogP contribution in [0.1, 0.15) is 0 Å². The maximum absolute atomic E-state index is 5.58. The Bertz CT molecular complexity index is 1220. The lowest BCUT2D eigenvalue weighted by molar-refractivity contribution is 0.582. The topological polar surface area (TPSA) is 82.8 Å². The van der Waals surface area contributed by atoms with E-state index in [1.165, 1.54) is 0 Å². The third kappa shape index (κ3) is 2.73. The molecule has 0 aliphatic rings. The lowest BCUT2D eigenvalue weighted by Gasteiger charge is -2.08. The van der Waals surface area contributed by atoms with Crippen LogP contribution >= 0.6 is 0 Å². The van der Waals surface area contributed by atoms with Gasteiger partial charge in [-0.25, -0.2) is 15.0 Å². The van der Waals surface area contributed by atoms with E-state index in [9.17, 15) is 0 Å². The number of furan rings is 1. The highest BCUT2D eigenvalue weighted by Gasteiger charge is 2.09. The lowest BCUT2D eigenvalue weighted by Crippen LogP contribution is -1.95. The van der Waals surface area contributed by atoms with E-state index >= 15 is 0 Å². The molecule has 0 unspecified atom stereocenters. The molecule has 2 N–H and O–H groups in total. The maximum atomic E-state index is 5.58. The van der Waals surface area contributed by atoms with Crippen molar-refractivity contribution in [2.75, 3.05) is 5.73 Å². The van der Waals surface area contributed by atoms with Crippen molar-refractivity contribution in [3.05, 3.63) is 79.6 Å². The van der Waals surface area contributed by atoms with Crippen LogP contribution in [-0.4, -0.2) is 19.5 Å². The average Bonchev–Trinajstić information content (AvgIpc) is 3.38. The molecule has 0 saturated carbocycles. The highest BCUT2D eigenvalue weighted by molar-refractivity contribution is 5.82. The van der Waals surface area contributed by atoms with E-state index in [4.69, 9.17) is 10.2 Å². The molecule has 6 nitrogen and oxygen atoms in total. The minimum absolute atomic E-state index is 0.267. The van der Waals surface area contributed by atoms with Gasteiger partial charge in [-0.2, -0.15) is 0 Å². The first kappa shape index (κ1) is 15.3. The molecule has 0 fully saturated rings. The molecule has 5 aromatic rings. The van der Waals surface area contributed by atoms with Gasteiger partial charge >= 0.3 is 0 Å². The molecular weight excluding hydrogens is 338 g/mol. The van der Waals surface area contributed by atoms with Crippen molar-refractivity contribution in [3.8, 4) is 28.1 Å². The first-order valence-electron chi connectivity index (χ1n) is 8.47. The molecule has 0 bridgehead atoms. The monoisotopic (exact) mass is 353 g/mol. The van der Waals surface area contributed by atoms with Crippen LogP contribution in [-0.2, 0) is 0 Å². The first-order chi connectivity index (χ1) is 13.3. The standard InChI is InChI=1S/C21H15N5O/c22-21-23-11-16(12-24-21)14-3-1-4-17(9-14)26-13-25-18-10-15(6-7-19(18)26)20-5-2-8-27-20/h1-13H,(H2,22,23,24). The van der Waals surface area contributed by atoms with E-state index in [0.29, 0.717) is 0 Å². The van der Waals surface area contributed by atoms with Crippen molar-refractivity contribution in [1.82, 2.24) is 19.5 Å². The lowest BCUT2D eigenvalue weighted by atomic mass is 10.1. The predicted octanol–water partition coefficient (Wildman–Crippen LogP) is 4.32. The summed E-state index contributed by atoms with van der Waals surface area (Å²) in [6.45, 7) is 0. The Labute approximate surface area is 154 Å². The van der Waals surface area contributed by atoms with Crippen molar-refractivity contribution < 1.29 is 4.42 Å². The smallest absolute Gasteiger partial charge is 0.219 e. The molecule has 5 rings (SSSR count). The van der Waals surface area contributed by atoms with Gasteiger partial charge in [0.05, 0.1) is 17.3 Å². The summed E-state index contributed by atoms with van der Waals surface area (Å²) in [5, 5.41) is 0. The Kier molecular flexibility index (Phi) is 3.47. The van der Waals surface area contributed by atoms with Gasteiger partial charge in [0.25, 0.3) is 0 Å². The molecular formula is C21H15N5O. The van der Waals surface area contributed by atoms with E-state index in [1.807, 2.05) is 48.8 Å². The van der Waals surface area contributed by atoms with Crippen LogP contribution < -0.4 is 5.73 Å². The van der Waals surface area contributed by atoms with Crippen molar-refractivity contribution in [1.29, 1.82) is 0 Å². The van der Waals surface area contributed by atoms with Gasteiger partial charge in [-0.1, -0.05) is 12.1 Å². The molecule has 0 saturated heterocycles. The van der Waals surface area contributed by atoms with Crippen molar-refractivity contribution in [2.24, 2.45) is 0 Å². The van der Waals surface area contributed by atoms with Gasteiger partial charge in [0.2, 0.25) is 5.95 Å². The molecule has 2 aromatic carbocycles. The Morgan fingerprint density at radius 3 is 2.52 bits per heavy atom. The van der Waals surface area contributed by atoms with Crippen LogP contribution in [0.25, 0.3) is 39.2 Å². The van der Waals surface area contributed by atoms with Gasteiger partial charge in [-0.05, 0) is 48.0 Å². The summed E-state index contributed by atoms with van der Waals surface area (Å²) in [4.78, 5) is 12.7. The third-order valence-corrected chi connectivity index (χ3v) is 4.48. The van der Waals surface area contributed by atoms with Crippen LogP contribution in [0.5, 0.6) is 0 Å². The molecule has 6 heteroatoms. The second-order valence-electron chi connectivity index (χ2n) is 6.18. The molecule has 27 heavy (non-hydrogen) atoms. The maximum Gasteiger partial charge on any atom is 0.219 e. The van der Waals surface area contributed by atoms with Crippen molar-refractivity contribution in [3.63, 3.8) is 0 Å². The van der Waals surface area contributed by atoms with Crippen molar-refractivity contribution >= 4 is 17.0 Å². The molecule has 3 aromatic heterocycles. The van der Waals surface area contributed by atoms with Crippen molar-refractivity contribution in [2.45, 2.75) is 0 Å². The second-order valence-corrected chi connectivity index (χ2v) is 6.18. The van der Waals surface area contributed by atoms with Gasteiger partial charge in [0.15, 0.2) is 0 Å². The van der Waals surface area contributed by atoms with E-state index in [0.717, 1.165) is 39.2 Å². The van der Waals surface area contributed by atoms with E-state index in [1.54, 1.807) is 18.7 Å². The molecule has 0 aliphatic heterocycles. The quantitative estimate of drug-likeness (QED) is 0.522. The average molecular weight is 353 g/mol. The number of nitrogen functional groups attached to an aromatic ring is 1. The third-order valence-electron chi connectivity index (χ3n) is 4.48. The molecule has 0 atom stereocenters. The Morgan fingerprint density at radius 1 is 0.815 bits per heavy atom. The molecule has 0 radical (unpaired) electrons. The number of rotatable bonds is 3. The molecule has 0 aliphatic carbocycles. The fourth-order valence-corrected chi connectivity index (χ4v) is 3.14. The fourth-order valence-electron chi connectivity index (χ4n) is 3.14. The van der Waals surface area contributed by atoms with Crippen LogP contribution in [0.15, 0.2) is 84.0 Å². The number of nitrogens with two attached hydrogens (primary N) is 1. The fraction of sp³-hybridized carbons (Fsp3) is 0. The predicted molar refractivity (Wildman–Crippen MR) is 104 cm³/mol. The SMILES string of the molecule is Nc1ncc(-c2cccc(-n3cnc4cc(-c5ccco5)ccc43)c2)cn1. The largest absolute Gasteiger partial charge is 0.464 e. The number of nitrogens with zero attached hydrogens (tertiary/aromatic N) is 4. The first-order valence-corrected chi connectivity index (χ1v) is 8.47. The Balaban J connectivity index is 1.57. The van der Waals surface area contributed by atoms with E-state index in [2.05, 4.69) is 31.7 Å². The zero-order valence-electron chi connectivity index (χ0n) is 14.3. The van der Waals surface area contributed by atoms with Gasteiger partial charge in [0.1, 0.15) is 12.1 Å². The van der Waals surface area contributed by atoms with Gasteiger partial charge in [-0.3, -0.25) is 4.57 Å². The second kappa shape index (κ2) is 6.10. The summed E-state index contributed by atoms with van der Waals surface area (Å²) < 4.78 is 7.54. The normalized spacial score (nSPS) is 11.1. The van der Waals surface area contributed by atoms with Crippen LogP contribution in [0.4, 0.5) is 5.95 Å². The molecule has 130 valence electrons. The van der Waals surface area contributed by atoms with Gasteiger partial charge in [0, 0.05) is 29.2 Å². The summed E-state index contributed by atoms with van der Waals surface area (Å²) in [5.41, 5.74) is 11.5. The number of hydrogen-bond acceptors (Lipinski definition) is 5. The Morgan fingerprint density at radius 2 is 1.70 bits per heavy atom. The summed E-state index contributed by atoms with van der Waals surface area (Å²) in [5.74, 6) is 1.10. The van der Waals surface area contributed by atoms with Gasteiger partial charge in [-0.15, -0.1) is 0 Å². The number of aromatic nitrogens is 4. The zero-order chi connectivity index (χ0) is 18.2. The summed E-state index contributed by atoms with van der Waals surface area (Å²) >= 11 is 0. The molecule has 0 spiro atoms. The summed E-state index contributed by atoms with van der Waals surface area (Å²) in [6.07, 6.45) is 6.95. The minimum Gasteiger partial charge on any atom is -0.464 e. The Hall–Kier alpha value is -3.93. The van der Waals surface area contributed by atoms with Crippen LogP contribution in [0.3, 0.4) is 0 Å². The molecule has 0 amide bonds. The summed E-state index contributed by atoms with van der Waals surface area (Å²) in [6, 6.07) is 18.1. The number of hydrogen-bond donors (Lipinski definition) is 1. The van der Waals surface area contributed by atoms with Crippen LogP contribution in [0, 0.1) is 0 Å². The van der Waals surface area contributed by atoms with E-state index in [-0.39, 0.29) is 5.95 Å². The highest BCUT2D eigenvalue weighted by Crippen LogP contribution is 2.27. The summed E-state index contributed by atoms with van der Waals surface area (Å²) in [7, 11) is 0.